The molecule has 1 aliphatic rings. The third-order valence-corrected chi connectivity index (χ3v) is 4.33. The van der Waals surface area contributed by atoms with Gasteiger partial charge in [0.05, 0.1) is 0 Å². The van der Waals surface area contributed by atoms with Gasteiger partial charge in [0.2, 0.25) is 0 Å². The molecule has 1 atom stereocenters. The van der Waals surface area contributed by atoms with Gasteiger partial charge in [-0.15, -0.1) is 0 Å². The molecule has 4 heteroatoms. The number of piperidine rings is 1. The fraction of sp³-hybridized carbons (Fsp3) is 0.556. The third-order valence-electron chi connectivity index (χ3n) is 4.33. The zero-order chi connectivity index (χ0) is 16.1. The predicted molar refractivity (Wildman–Crippen MR) is 87.2 cm³/mol. The molecule has 0 bridgehead atoms. The molecule has 1 aromatic carbocycles. The van der Waals surface area contributed by atoms with Gasteiger partial charge in [-0.05, 0) is 45.6 Å². The normalized spacial score (nSPS) is 18.4. The molecule has 1 unspecified atom stereocenters. The zero-order valence-corrected chi connectivity index (χ0v) is 13.8. The SMILES string of the molecule is CC(C)N(Cc1ccccc1)C(=O)C(=O)N1CCCCC1C. The van der Waals surface area contributed by atoms with Crippen molar-refractivity contribution in [1.82, 2.24) is 9.80 Å². The highest BCUT2D eigenvalue weighted by atomic mass is 16.2. The lowest BCUT2D eigenvalue weighted by molar-refractivity contribution is -0.155. The van der Waals surface area contributed by atoms with Gasteiger partial charge in [0.1, 0.15) is 0 Å². The van der Waals surface area contributed by atoms with Gasteiger partial charge in [-0.25, -0.2) is 0 Å². The van der Waals surface area contributed by atoms with Crippen molar-refractivity contribution in [3.8, 4) is 0 Å². The topological polar surface area (TPSA) is 40.6 Å². The Balaban J connectivity index is 2.10. The van der Waals surface area contributed by atoms with E-state index in [-0.39, 0.29) is 23.9 Å². The van der Waals surface area contributed by atoms with Crippen molar-refractivity contribution >= 4 is 11.8 Å². The van der Waals surface area contributed by atoms with Gasteiger partial charge in [-0.3, -0.25) is 9.59 Å². The fourth-order valence-corrected chi connectivity index (χ4v) is 2.91. The Bertz CT molecular complexity index is 513. The summed E-state index contributed by atoms with van der Waals surface area (Å²) in [6.45, 7) is 7.11. The Hall–Kier alpha value is -1.84. The molecule has 0 N–H and O–H groups in total. The molecule has 1 aromatic rings. The maximum Gasteiger partial charge on any atom is 0.312 e. The summed E-state index contributed by atoms with van der Waals surface area (Å²) >= 11 is 0. The van der Waals surface area contributed by atoms with Gasteiger partial charge < -0.3 is 9.80 Å². The molecule has 0 aliphatic carbocycles. The molecule has 120 valence electrons. The van der Waals surface area contributed by atoms with E-state index in [2.05, 4.69) is 0 Å². The van der Waals surface area contributed by atoms with E-state index in [4.69, 9.17) is 0 Å². The molecule has 0 radical (unpaired) electrons. The van der Waals surface area contributed by atoms with Crippen LogP contribution in [0.4, 0.5) is 0 Å². The molecule has 1 fully saturated rings. The summed E-state index contributed by atoms with van der Waals surface area (Å²) in [5, 5.41) is 0. The number of benzene rings is 1. The molecular weight excluding hydrogens is 276 g/mol. The van der Waals surface area contributed by atoms with Crippen LogP contribution in [0.3, 0.4) is 0 Å². The van der Waals surface area contributed by atoms with E-state index in [0.717, 1.165) is 24.8 Å². The molecule has 1 saturated heterocycles. The van der Waals surface area contributed by atoms with E-state index >= 15 is 0 Å². The second-order valence-electron chi connectivity index (χ2n) is 6.36. The minimum absolute atomic E-state index is 0.00301. The number of amides is 2. The number of carbonyl (C=O) groups excluding carboxylic acids is 2. The predicted octanol–water partition coefficient (Wildman–Crippen LogP) is 2.82. The van der Waals surface area contributed by atoms with Crippen LogP contribution in [0.5, 0.6) is 0 Å². The third kappa shape index (κ3) is 3.87. The quantitative estimate of drug-likeness (QED) is 0.806. The summed E-state index contributed by atoms with van der Waals surface area (Å²) in [7, 11) is 0. The van der Waals surface area contributed by atoms with Gasteiger partial charge in [-0.2, -0.15) is 0 Å². The molecule has 2 rings (SSSR count). The van der Waals surface area contributed by atoms with Crippen LogP contribution in [0, 0.1) is 0 Å². The van der Waals surface area contributed by atoms with E-state index in [0.29, 0.717) is 13.1 Å². The lowest BCUT2D eigenvalue weighted by Crippen LogP contribution is -2.51. The maximum absolute atomic E-state index is 12.7. The molecule has 4 nitrogen and oxygen atoms in total. The average Bonchev–Trinajstić information content (AvgIpc) is 2.52. The Kier molecular flexibility index (Phi) is 5.58. The monoisotopic (exact) mass is 302 g/mol. The van der Waals surface area contributed by atoms with Gasteiger partial charge in [0.25, 0.3) is 0 Å². The first kappa shape index (κ1) is 16.5. The summed E-state index contributed by atoms with van der Waals surface area (Å²) in [5.74, 6) is -0.732. The highest BCUT2D eigenvalue weighted by Gasteiger charge is 2.32. The van der Waals surface area contributed by atoms with Gasteiger partial charge in [0, 0.05) is 25.2 Å². The van der Waals surface area contributed by atoms with Crippen LogP contribution >= 0.6 is 0 Å². The first-order chi connectivity index (χ1) is 10.5. The number of nitrogens with zero attached hydrogens (tertiary/aromatic N) is 2. The number of hydrogen-bond acceptors (Lipinski definition) is 2. The second-order valence-corrected chi connectivity index (χ2v) is 6.36. The van der Waals surface area contributed by atoms with Gasteiger partial charge >= 0.3 is 11.8 Å². The Morgan fingerprint density at radius 3 is 2.50 bits per heavy atom. The number of carbonyl (C=O) groups is 2. The summed E-state index contributed by atoms with van der Waals surface area (Å²) in [5.41, 5.74) is 1.05. The minimum atomic E-state index is -0.382. The van der Waals surface area contributed by atoms with Crippen LogP contribution < -0.4 is 0 Å². The first-order valence-electron chi connectivity index (χ1n) is 8.16. The van der Waals surface area contributed by atoms with E-state index in [1.165, 1.54) is 0 Å². The molecule has 0 saturated carbocycles. The van der Waals surface area contributed by atoms with Crippen molar-refractivity contribution in [2.75, 3.05) is 6.54 Å². The Morgan fingerprint density at radius 1 is 1.23 bits per heavy atom. The van der Waals surface area contributed by atoms with Gasteiger partial charge in [-0.1, -0.05) is 30.3 Å². The largest absolute Gasteiger partial charge is 0.332 e. The van der Waals surface area contributed by atoms with Crippen LogP contribution in [0.15, 0.2) is 30.3 Å². The van der Waals surface area contributed by atoms with Crippen LogP contribution in [0.1, 0.15) is 45.6 Å². The minimum Gasteiger partial charge on any atom is -0.332 e. The highest BCUT2D eigenvalue weighted by molar-refractivity contribution is 6.35. The van der Waals surface area contributed by atoms with Crippen molar-refractivity contribution in [2.45, 2.75) is 58.7 Å². The summed E-state index contributed by atoms with van der Waals surface area (Å²) < 4.78 is 0. The maximum atomic E-state index is 12.7. The molecule has 1 heterocycles. The summed E-state index contributed by atoms with van der Waals surface area (Å²) in [4.78, 5) is 28.7. The number of likely N-dealkylation sites (tertiary alicyclic amines) is 1. The second kappa shape index (κ2) is 7.43. The van der Waals surface area contributed by atoms with E-state index in [9.17, 15) is 9.59 Å². The summed E-state index contributed by atoms with van der Waals surface area (Å²) in [6, 6.07) is 9.98. The smallest absolute Gasteiger partial charge is 0.312 e. The molecule has 22 heavy (non-hydrogen) atoms. The standard InChI is InChI=1S/C18H26N2O2/c1-14(2)20(13-16-10-5-4-6-11-16)18(22)17(21)19-12-8-7-9-15(19)3/h4-6,10-11,14-15H,7-9,12-13H2,1-3H3. The van der Waals surface area contributed by atoms with Crippen molar-refractivity contribution in [2.24, 2.45) is 0 Å². The average molecular weight is 302 g/mol. The number of hydrogen-bond donors (Lipinski definition) is 0. The van der Waals surface area contributed by atoms with Crippen LogP contribution in [0.2, 0.25) is 0 Å². The molecule has 1 aliphatic heterocycles. The lowest BCUT2D eigenvalue weighted by Gasteiger charge is -2.35. The lowest BCUT2D eigenvalue weighted by atomic mass is 10.0. The molecule has 0 aromatic heterocycles. The van der Waals surface area contributed by atoms with Crippen molar-refractivity contribution in [3.05, 3.63) is 35.9 Å². The summed E-state index contributed by atoms with van der Waals surface area (Å²) in [6.07, 6.45) is 3.11. The van der Waals surface area contributed by atoms with Crippen molar-refractivity contribution < 1.29 is 9.59 Å². The van der Waals surface area contributed by atoms with Crippen LogP contribution in [0.25, 0.3) is 0 Å². The Morgan fingerprint density at radius 2 is 1.91 bits per heavy atom. The van der Waals surface area contributed by atoms with Crippen LogP contribution in [-0.2, 0) is 16.1 Å². The fourth-order valence-electron chi connectivity index (χ4n) is 2.91. The highest BCUT2D eigenvalue weighted by Crippen LogP contribution is 2.18. The zero-order valence-electron chi connectivity index (χ0n) is 13.8. The van der Waals surface area contributed by atoms with E-state index in [1.54, 1.807) is 9.80 Å². The first-order valence-corrected chi connectivity index (χ1v) is 8.16. The van der Waals surface area contributed by atoms with E-state index < -0.39 is 0 Å². The van der Waals surface area contributed by atoms with E-state index in [1.807, 2.05) is 51.1 Å². The van der Waals surface area contributed by atoms with Crippen LogP contribution in [-0.4, -0.2) is 40.2 Å². The van der Waals surface area contributed by atoms with Crippen molar-refractivity contribution in [1.29, 1.82) is 0 Å². The number of rotatable bonds is 3. The molecule has 2 amide bonds. The van der Waals surface area contributed by atoms with Gasteiger partial charge in [0.15, 0.2) is 0 Å². The van der Waals surface area contributed by atoms with Crippen molar-refractivity contribution in [3.63, 3.8) is 0 Å². The molecular formula is C18H26N2O2. The molecule has 0 spiro atoms. The Labute approximate surface area is 133 Å².